The van der Waals surface area contributed by atoms with Crippen LogP contribution in [0.4, 0.5) is 4.70 Å². The van der Waals surface area contributed by atoms with Crippen LogP contribution < -0.4 is 0 Å². The van der Waals surface area contributed by atoms with Crippen molar-refractivity contribution in [1.82, 2.24) is 0 Å². The third kappa shape index (κ3) is 20.3. The van der Waals surface area contributed by atoms with E-state index in [1.807, 2.05) is 0 Å². The molecule has 0 aromatic heterocycles. The van der Waals surface area contributed by atoms with Gasteiger partial charge in [0.15, 0.2) is 0 Å². The minimum atomic E-state index is -3.74. The number of unbranched alkanes of at least 4 members (excludes halogenated alkanes) is 11. The van der Waals surface area contributed by atoms with E-state index in [1.54, 1.807) is 0 Å². The van der Waals surface area contributed by atoms with Gasteiger partial charge in [-0.1, -0.05) is 77.6 Å². The molecule has 0 fully saturated rings. The Hall–Kier alpha value is -0.160. The van der Waals surface area contributed by atoms with E-state index in [1.165, 1.54) is 57.8 Å². The van der Waals surface area contributed by atoms with Crippen LogP contribution in [0.3, 0.4) is 0 Å². The predicted molar refractivity (Wildman–Crippen MR) is 80.0 cm³/mol. The van der Waals surface area contributed by atoms with Crippen LogP contribution in [0.2, 0.25) is 0 Å². The van der Waals surface area contributed by atoms with Crippen LogP contribution in [-0.2, 0) is 10.1 Å². The van der Waals surface area contributed by atoms with Crippen molar-refractivity contribution < 1.29 is 17.7 Å². The molecule has 0 amide bonds. The van der Waals surface area contributed by atoms with Gasteiger partial charge in [0.1, 0.15) is 0 Å². The molecule has 0 rings (SSSR count). The standard InChI is InChI=1S/C14H30O3S.FH/c1-2-3-4-5-6-7-8-9-10-11-12-13-14-18(15,16)17;/h2-14H2,1H3,(H,15,16,17);1H. The Labute approximate surface area is 118 Å². The van der Waals surface area contributed by atoms with Crippen molar-refractivity contribution in [2.45, 2.75) is 84.0 Å². The molecular weight excluding hydrogens is 267 g/mol. The minimum Gasteiger partial charge on any atom is -0.286 e. The van der Waals surface area contributed by atoms with Crippen molar-refractivity contribution in [2.75, 3.05) is 5.75 Å². The van der Waals surface area contributed by atoms with Crippen LogP contribution in [0.1, 0.15) is 84.0 Å². The van der Waals surface area contributed by atoms with Gasteiger partial charge in [-0.2, -0.15) is 8.42 Å². The average Bonchev–Trinajstić information content (AvgIpc) is 2.29. The quantitative estimate of drug-likeness (QED) is 0.395. The molecule has 3 nitrogen and oxygen atoms in total. The van der Waals surface area contributed by atoms with E-state index in [2.05, 4.69) is 6.92 Å². The molecule has 0 atom stereocenters. The Morgan fingerprint density at radius 3 is 1.32 bits per heavy atom. The zero-order valence-electron chi connectivity index (χ0n) is 12.3. The maximum Gasteiger partial charge on any atom is 0.264 e. The van der Waals surface area contributed by atoms with Gasteiger partial charge < -0.3 is 0 Å². The molecule has 1 N–H and O–H groups in total. The van der Waals surface area contributed by atoms with E-state index >= 15 is 0 Å². The molecule has 0 saturated carbocycles. The van der Waals surface area contributed by atoms with Crippen LogP contribution in [0.25, 0.3) is 0 Å². The molecule has 0 aromatic rings. The van der Waals surface area contributed by atoms with Crippen LogP contribution in [0.5, 0.6) is 0 Å². The van der Waals surface area contributed by atoms with Crippen molar-refractivity contribution in [2.24, 2.45) is 0 Å². The van der Waals surface area contributed by atoms with Gasteiger partial charge >= 0.3 is 0 Å². The predicted octanol–water partition coefficient (Wildman–Crippen LogP) is 4.73. The lowest BCUT2D eigenvalue weighted by Gasteiger charge is -2.02. The summed E-state index contributed by atoms with van der Waals surface area (Å²) in [6, 6.07) is 0. The first-order chi connectivity index (χ1) is 8.56. The van der Waals surface area contributed by atoms with Gasteiger partial charge in [0.25, 0.3) is 10.1 Å². The summed E-state index contributed by atoms with van der Waals surface area (Å²) < 4.78 is 29.5. The van der Waals surface area contributed by atoms with Crippen molar-refractivity contribution in [3.8, 4) is 0 Å². The first kappa shape index (κ1) is 21.1. The van der Waals surface area contributed by atoms with Crippen molar-refractivity contribution in [3.63, 3.8) is 0 Å². The molecule has 118 valence electrons. The van der Waals surface area contributed by atoms with Crippen LogP contribution in [-0.4, -0.2) is 18.7 Å². The second-order valence-electron chi connectivity index (χ2n) is 5.18. The van der Waals surface area contributed by atoms with Gasteiger partial charge in [-0.25, -0.2) is 0 Å². The highest BCUT2D eigenvalue weighted by molar-refractivity contribution is 7.85. The van der Waals surface area contributed by atoms with E-state index in [0.29, 0.717) is 6.42 Å². The maximum absolute atomic E-state index is 10.5. The highest BCUT2D eigenvalue weighted by Crippen LogP contribution is 2.12. The highest BCUT2D eigenvalue weighted by Gasteiger charge is 2.02. The molecule has 0 bridgehead atoms. The molecule has 0 aliphatic rings. The topological polar surface area (TPSA) is 54.4 Å². The number of rotatable bonds is 13. The Morgan fingerprint density at radius 2 is 1.00 bits per heavy atom. The van der Waals surface area contributed by atoms with Crippen molar-refractivity contribution in [3.05, 3.63) is 0 Å². The summed E-state index contributed by atoms with van der Waals surface area (Å²) in [6.45, 7) is 2.24. The Kier molecular flexibility index (Phi) is 15.9. The Morgan fingerprint density at radius 1 is 0.684 bits per heavy atom. The molecule has 0 unspecified atom stereocenters. The summed E-state index contributed by atoms with van der Waals surface area (Å²) in [7, 11) is -3.74. The van der Waals surface area contributed by atoms with Crippen molar-refractivity contribution in [1.29, 1.82) is 0 Å². The Bertz CT molecular complexity index is 266. The maximum atomic E-state index is 10.5. The van der Waals surface area contributed by atoms with Gasteiger partial charge in [-0.15, -0.1) is 0 Å². The largest absolute Gasteiger partial charge is 0.286 e. The number of hydrogen-bond donors (Lipinski definition) is 1. The summed E-state index contributed by atoms with van der Waals surface area (Å²) in [6.07, 6.45) is 14.5. The van der Waals surface area contributed by atoms with E-state index in [0.717, 1.165) is 12.8 Å². The average molecular weight is 298 g/mol. The van der Waals surface area contributed by atoms with E-state index in [4.69, 9.17) is 4.55 Å². The van der Waals surface area contributed by atoms with Gasteiger partial charge in [0, 0.05) is 0 Å². The molecular formula is C14H31FO3S. The monoisotopic (exact) mass is 298 g/mol. The third-order valence-corrected chi connectivity index (χ3v) is 4.06. The van der Waals surface area contributed by atoms with E-state index in [-0.39, 0.29) is 10.5 Å². The van der Waals surface area contributed by atoms with E-state index < -0.39 is 10.1 Å². The number of halogens is 1. The molecule has 0 saturated heterocycles. The van der Waals surface area contributed by atoms with Crippen LogP contribution in [0.15, 0.2) is 0 Å². The molecule has 0 spiro atoms. The van der Waals surface area contributed by atoms with E-state index in [9.17, 15) is 8.42 Å². The number of hydrogen-bond acceptors (Lipinski definition) is 2. The molecule has 5 heteroatoms. The van der Waals surface area contributed by atoms with Crippen molar-refractivity contribution >= 4 is 10.1 Å². The zero-order chi connectivity index (χ0) is 13.7. The summed E-state index contributed by atoms with van der Waals surface area (Å²) >= 11 is 0. The zero-order valence-corrected chi connectivity index (χ0v) is 13.1. The van der Waals surface area contributed by atoms with Gasteiger partial charge in [0.05, 0.1) is 5.75 Å². The summed E-state index contributed by atoms with van der Waals surface area (Å²) in [5.41, 5.74) is 0. The molecule has 0 aliphatic carbocycles. The molecule has 0 heterocycles. The second-order valence-corrected chi connectivity index (χ2v) is 6.75. The minimum absolute atomic E-state index is 0. The Balaban J connectivity index is 0. The van der Waals surface area contributed by atoms with Gasteiger partial charge in [0.2, 0.25) is 0 Å². The fourth-order valence-electron chi connectivity index (χ4n) is 2.13. The fourth-order valence-corrected chi connectivity index (χ4v) is 2.69. The smallest absolute Gasteiger partial charge is 0.264 e. The molecule has 0 aliphatic heterocycles. The fraction of sp³-hybridized carbons (Fsp3) is 1.00. The third-order valence-electron chi connectivity index (χ3n) is 3.26. The summed E-state index contributed by atoms with van der Waals surface area (Å²) in [5, 5.41) is 0. The van der Waals surface area contributed by atoms with Gasteiger partial charge in [-0.05, 0) is 6.42 Å². The highest BCUT2D eigenvalue weighted by atomic mass is 32.2. The van der Waals surface area contributed by atoms with Crippen LogP contribution >= 0.6 is 0 Å². The molecule has 19 heavy (non-hydrogen) atoms. The molecule has 0 aromatic carbocycles. The first-order valence-corrected chi connectivity index (χ1v) is 9.12. The van der Waals surface area contributed by atoms with Gasteiger partial charge in [-0.3, -0.25) is 9.26 Å². The normalized spacial score (nSPS) is 11.3. The first-order valence-electron chi connectivity index (χ1n) is 7.51. The second kappa shape index (κ2) is 14.3. The molecule has 0 radical (unpaired) electrons. The summed E-state index contributed by atoms with van der Waals surface area (Å²) in [5.74, 6) is -0.0789. The lowest BCUT2D eigenvalue weighted by atomic mass is 10.1. The SMILES string of the molecule is CCCCCCCCCCCCCCS(=O)(=O)O.F. The summed E-state index contributed by atoms with van der Waals surface area (Å²) in [4.78, 5) is 0. The van der Waals surface area contributed by atoms with Crippen LogP contribution in [0, 0.1) is 0 Å². The lowest BCUT2D eigenvalue weighted by molar-refractivity contribution is 0.478. The lowest BCUT2D eigenvalue weighted by Crippen LogP contribution is -2.03.